The van der Waals surface area contributed by atoms with Crippen LogP contribution in [0.25, 0.3) is 17.1 Å². The molecule has 0 aliphatic heterocycles. The Hall–Kier alpha value is -3.73. The molecule has 0 aliphatic rings. The lowest BCUT2D eigenvalue weighted by atomic mass is 10.1. The summed E-state index contributed by atoms with van der Waals surface area (Å²) >= 11 is 0. The van der Waals surface area contributed by atoms with Gasteiger partial charge in [0.1, 0.15) is 18.2 Å². The largest absolute Gasteiger partial charge is 0.493 e. The number of imidazole rings is 1. The van der Waals surface area contributed by atoms with Crippen molar-refractivity contribution in [2.45, 2.75) is 46.8 Å². The van der Waals surface area contributed by atoms with Gasteiger partial charge in [0.2, 0.25) is 0 Å². The standard InChI is InChI=1S/C30H34N2O3/c1-5-10-24-14-16-28(29(20-24)33-4)35-21-30-31-25-11-6-7-12-26(25)32(30)17-8-9-18-34-27-15-13-22(2)19-23(27)3/h5-7,10-16,19-20H,8-9,17-18,21H2,1-4H3/b10-5-. The molecule has 0 amide bonds. The van der Waals surface area contributed by atoms with Gasteiger partial charge in [-0.3, -0.25) is 0 Å². The van der Waals surface area contributed by atoms with Gasteiger partial charge in [0.15, 0.2) is 11.5 Å². The van der Waals surface area contributed by atoms with Crippen LogP contribution in [-0.4, -0.2) is 23.3 Å². The molecule has 1 heterocycles. The average Bonchev–Trinajstić information content (AvgIpc) is 3.21. The number of ether oxygens (including phenoxy) is 3. The molecule has 0 atom stereocenters. The van der Waals surface area contributed by atoms with Gasteiger partial charge in [0.25, 0.3) is 0 Å². The predicted octanol–water partition coefficient (Wildman–Crippen LogP) is 7.13. The summed E-state index contributed by atoms with van der Waals surface area (Å²) < 4.78 is 20.0. The van der Waals surface area contributed by atoms with Crippen LogP contribution in [0.2, 0.25) is 0 Å². The highest BCUT2D eigenvalue weighted by Crippen LogP contribution is 2.30. The number of nitrogens with zero attached hydrogens (tertiary/aromatic N) is 2. The highest BCUT2D eigenvalue weighted by atomic mass is 16.5. The van der Waals surface area contributed by atoms with Gasteiger partial charge in [-0.2, -0.15) is 0 Å². The minimum absolute atomic E-state index is 0.368. The Kier molecular flexibility index (Phi) is 8.09. The first-order chi connectivity index (χ1) is 17.1. The molecule has 0 N–H and O–H groups in total. The summed E-state index contributed by atoms with van der Waals surface area (Å²) in [6.45, 7) is 8.10. The van der Waals surface area contributed by atoms with Crippen molar-refractivity contribution >= 4 is 17.1 Å². The number of para-hydroxylation sites is 2. The average molecular weight is 471 g/mol. The van der Waals surface area contributed by atoms with Gasteiger partial charge in [0.05, 0.1) is 24.8 Å². The van der Waals surface area contributed by atoms with Gasteiger partial charge < -0.3 is 18.8 Å². The summed E-state index contributed by atoms with van der Waals surface area (Å²) in [6, 6.07) is 20.5. The maximum absolute atomic E-state index is 6.17. The van der Waals surface area contributed by atoms with Gasteiger partial charge >= 0.3 is 0 Å². The van der Waals surface area contributed by atoms with Gasteiger partial charge in [0, 0.05) is 6.54 Å². The quantitative estimate of drug-likeness (QED) is 0.219. The maximum atomic E-state index is 6.17. The molecule has 0 saturated carbocycles. The molecule has 0 aliphatic carbocycles. The fraction of sp³-hybridized carbons (Fsp3) is 0.300. The molecule has 35 heavy (non-hydrogen) atoms. The number of benzene rings is 3. The summed E-state index contributed by atoms with van der Waals surface area (Å²) in [6.07, 6.45) is 5.99. The highest BCUT2D eigenvalue weighted by molar-refractivity contribution is 5.75. The van der Waals surface area contributed by atoms with Crippen molar-refractivity contribution in [2.75, 3.05) is 13.7 Å². The van der Waals surface area contributed by atoms with Gasteiger partial charge in [-0.05, 0) is 75.1 Å². The summed E-state index contributed by atoms with van der Waals surface area (Å²) in [5.41, 5.74) is 5.61. The second-order valence-corrected chi connectivity index (χ2v) is 8.69. The number of hydrogen-bond donors (Lipinski definition) is 0. The summed E-state index contributed by atoms with van der Waals surface area (Å²) in [5, 5.41) is 0. The van der Waals surface area contributed by atoms with Crippen LogP contribution in [0.15, 0.2) is 66.7 Å². The smallest absolute Gasteiger partial charge is 0.161 e. The Balaban J connectivity index is 1.41. The molecule has 5 heteroatoms. The molecule has 1 aromatic heterocycles. The summed E-state index contributed by atoms with van der Waals surface area (Å²) in [5.74, 6) is 3.29. The molecule has 0 bridgehead atoms. The van der Waals surface area contributed by atoms with Crippen LogP contribution in [-0.2, 0) is 13.2 Å². The van der Waals surface area contributed by atoms with E-state index in [9.17, 15) is 0 Å². The van der Waals surface area contributed by atoms with Crippen LogP contribution < -0.4 is 14.2 Å². The van der Waals surface area contributed by atoms with Gasteiger partial charge in [-0.25, -0.2) is 4.98 Å². The molecule has 0 radical (unpaired) electrons. The molecule has 182 valence electrons. The summed E-state index contributed by atoms with van der Waals surface area (Å²) in [4.78, 5) is 4.85. The third-order valence-electron chi connectivity index (χ3n) is 6.00. The highest BCUT2D eigenvalue weighted by Gasteiger charge is 2.13. The van der Waals surface area contributed by atoms with E-state index in [2.05, 4.69) is 48.7 Å². The topological polar surface area (TPSA) is 45.5 Å². The fourth-order valence-electron chi connectivity index (χ4n) is 4.24. The van der Waals surface area contributed by atoms with Crippen LogP contribution >= 0.6 is 0 Å². The van der Waals surface area contributed by atoms with E-state index in [0.29, 0.717) is 24.7 Å². The Morgan fingerprint density at radius 3 is 2.51 bits per heavy atom. The molecule has 0 fully saturated rings. The molecular weight excluding hydrogens is 436 g/mol. The fourth-order valence-corrected chi connectivity index (χ4v) is 4.24. The molecule has 5 nitrogen and oxygen atoms in total. The molecule has 4 rings (SSSR count). The summed E-state index contributed by atoms with van der Waals surface area (Å²) in [7, 11) is 1.66. The van der Waals surface area contributed by atoms with Crippen molar-refractivity contribution in [3.63, 3.8) is 0 Å². The zero-order valence-corrected chi connectivity index (χ0v) is 21.1. The number of fused-ring (bicyclic) bond motifs is 1. The number of allylic oxidation sites excluding steroid dienone is 1. The van der Waals surface area contributed by atoms with E-state index in [-0.39, 0.29) is 0 Å². The van der Waals surface area contributed by atoms with Crippen LogP contribution in [0, 0.1) is 13.8 Å². The molecule has 3 aromatic carbocycles. The van der Waals surface area contributed by atoms with Crippen LogP contribution in [0.1, 0.15) is 42.3 Å². The lowest BCUT2D eigenvalue weighted by molar-refractivity contribution is 0.269. The van der Waals surface area contributed by atoms with E-state index in [1.165, 1.54) is 11.1 Å². The second-order valence-electron chi connectivity index (χ2n) is 8.69. The normalized spacial score (nSPS) is 11.3. The molecule has 0 saturated heterocycles. The monoisotopic (exact) mass is 470 g/mol. The van der Waals surface area contributed by atoms with E-state index in [4.69, 9.17) is 19.2 Å². The number of aryl methyl sites for hydroxylation is 3. The predicted molar refractivity (Wildman–Crippen MR) is 142 cm³/mol. The van der Waals surface area contributed by atoms with Crippen molar-refractivity contribution in [1.29, 1.82) is 0 Å². The Labute approximate surface area is 208 Å². The van der Waals surface area contributed by atoms with E-state index in [1.54, 1.807) is 7.11 Å². The van der Waals surface area contributed by atoms with Crippen LogP contribution in [0.3, 0.4) is 0 Å². The number of rotatable bonds is 11. The number of methoxy groups -OCH3 is 1. The molecular formula is C30H34N2O3. The van der Waals surface area contributed by atoms with Crippen molar-refractivity contribution in [3.05, 3.63) is 89.3 Å². The zero-order valence-electron chi connectivity index (χ0n) is 21.1. The first-order valence-electron chi connectivity index (χ1n) is 12.2. The van der Waals surface area contributed by atoms with Crippen LogP contribution in [0.4, 0.5) is 0 Å². The van der Waals surface area contributed by atoms with E-state index in [0.717, 1.165) is 47.6 Å². The minimum atomic E-state index is 0.368. The van der Waals surface area contributed by atoms with E-state index >= 15 is 0 Å². The first-order valence-corrected chi connectivity index (χ1v) is 12.2. The van der Waals surface area contributed by atoms with Gasteiger partial charge in [-0.15, -0.1) is 0 Å². The maximum Gasteiger partial charge on any atom is 0.161 e. The lowest BCUT2D eigenvalue weighted by Gasteiger charge is -2.13. The van der Waals surface area contributed by atoms with E-state index < -0.39 is 0 Å². The Morgan fingerprint density at radius 1 is 0.886 bits per heavy atom. The third kappa shape index (κ3) is 6.04. The van der Waals surface area contributed by atoms with Crippen molar-refractivity contribution < 1.29 is 14.2 Å². The molecule has 0 spiro atoms. The number of hydrogen-bond acceptors (Lipinski definition) is 4. The zero-order chi connectivity index (χ0) is 24.6. The third-order valence-corrected chi connectivity index (χ3v) is 6.00. The van der Waals surface area contributed by atoms with E-state index in [1.807, 2.05) is 49.4 Å². The number of unbranched alkanes of at least 4 members (excludes halogenated alkanes) is 1. The van der Waals surface area contributed by atoms with Gasteiger partial charge in [-0.1, -0.05) is 48.0 Å². The molecule has 4 aromatic rings. The number of aromatic nitrogens is 2. The van der Waals surface area contributed by atoms with Crippen molar-refractivity contribution in [3.8, 4) is 17.2 Å². The van der Waals surface area contributed by atoms with Crippen LogP contribution in [0.5, 0.6) is 17.2 Å². The Morgan fingerprint density at radius 2 is 1.71 bits per heavy atom. The van der Waals surface area contributed by atoms with Crippen molar-refractivity contribution in [1.82, 2.24) is 9.55 Å². The minimum Gasteiger partial charge on any atom is -0.493 e. The first kappa shape index (κ1) is 24.4. The van der Waals surface area contributed by atoms with Crippen molar-refractivity contribution in [2.24, 2.45) is 0 Å². The second kappa shape index (κ2) is 11.6. The molecule has 0 unspecified atom stereocenters. The lowest BCUT2D eigenvalue weighted by Crippen LogP contribution is -2.09. The SMILES string of the molecule is C/C=C\c1ccc(OCc2nc3ccccc3n2CCCCOc2ccc(C)cc2C)c(OC)c1. The Bertz CT molecular complexity index is 1310.